The molecule has 0 radical (unpaired) electrons. The Morgan fingerprint density at radius 1 is 1.33 bits per heavy atom. The average Bonchev–Trinajstić information content (AvgIpc) is 2.92. The second kappa shape index (κ2) is 7.15. The number of nitrogens with one attached hydrogen (secondary N) is 1. The van der Waals surface area contributed by atoms with E-state index in [2.05, 4.69) is 57.4 Å². The van der Waals surface area contributed by atoms with Gasteiger partial charge in [-0.2, -0.15) is 4.98 Å². The predicted molar refractivity (Wildman–Crippen MR) is 85.3 cm³/mol. The monoisotopic (exact) mass is 353 g/mol. The number of methoxy groups -OCH3 is 1. The predicted octanol–water partition coefficient (Wildman–Crippen LogP) is 2.89. The second-order valence-corrected chi connectivity index (χ2v) is 5.87. The van der Waals surface area contributed by atoms with Gasteiger partial charge in [-0.05, 0) is 44.2 Å². The van der Waals surface area contributed by atoms with Gasteiger partial charge in [-0.3, -0.25) is 0 Å². The van der Waals surface area contributed by atoms with Crippen molar-refractivity contribution >= 4 is 15.9 Å². The SMILES string of the molecule is CNC(COC)Cc1nc(-c2cc(C)c(Br)c(C)c2)no1. The fraction of sp³-hybridized carbons (Fsp3) is 0.467. The van der Waals surface area contributed by atoms with Crippen molar-refractivity contribution in [3.05, 3.63) is 33.6 Å². The van der Waals surface area contributed by atoms with Crippen molar-refractivity contribution in [1.82, 2.24) is 15.5 Å². The Bertz CT molecular complexity index is 590. The molecule has 1 aromatic carbocycles. The molecule has 2 rings (SSSR count). The van der Waals surface area contributed by atoms with Gasteiger partial charge in [0.2, 0.25) is 11.7 Å². The summed E-state index contributed by atoms with van der Waals surface area (Å²) in [5.74, 6) is 1.23. The van der Waals surface area contributed by atoms with Gasteiger partial charge in [0.25, 0.3) is 0 Å². The van der Waals surface area contributed by atoms with Gasteiger partial charge in [-0.1, -0.05) is 21.1 Å². The molecular weight excluding hydrogens is 334 g/mol. The lowest BCUT2D eigenvalue weighted by atomic mass is 10.1. The minimum absolute atomic E-state index is 0.164. The molecule has 0 saturated heterocycles. The van der Waals surface area contributed by atoms with Crippen molar-refractivity contribution < 1.29 is 9.26 Å². The van der Waals surface area contributed by atoms with E-state index in [-0.39, 0.29) is 6.04 Å². The Kier molecular flexibility index (Phi) is 5.50. The van der Waals surface area contributed by atoms with Crippen LogP contribution in [-0.2, 0) is 11.2 Å². The Balaban J connectivity index is 2.20. The first kappa shape index (κ1) is 16.1. The van der Waals surface area contributed by atoms with Crippen LogP contribution in [0.5, 0.6) is 0 Å². The third-order valence-corrected chi connectivity index (χ3v) is 4.61. The van der Waals surface area contributed by atoms with Crippen molar-refractivity contribution in [2.45, 2.75) is 26.3 Å². The molecule has 0 aliphatic heterocycles. The van der Waals surface area contributed by atoms with E-state index in [0.717, 1.165) is 21.2 Å². The smallest absolute Gasteiger partial charge is 0.228 e. The van der Waals surface area contributed by atoms with Crippen LogP contribution in [0.25, 0.3) is 11.4 Å². The normalized spacial score (nSPS) is 12.6. The highest BCUT2D eigenvalue weighted by atomic mass is 79.9. The number of nitrogens with zero attached hydrogens (tertiary/aromatic N) is 2. The number of benzene rings is 1. The third kappa shape index (κ3) is 3.90. The molecule has 0 aliphatic carbocycles. The molecule has 0 saturated carbocycles. The first-order valence-corrected chi connectivity index (χ1v) is 7.60. The fourth-order valence-electron chi connectivity index (χ4n) is 2.19. The molecule has 114 valence electrons. The lowest BCUT2D eigenvalue weighted by Gasteiger charge is -2.11. The van der Waals surface area contributed by atoms with Crippen LogP contribution >= 0.6 is 15.9 Å². The van der Waals surface area contributed by atoms with Crippen LogP contribution in [0.1, 0.15) is 17.0 Å². The van der Waals surface area contributed by atoms with Crippen LogP contribution in [0, 0.1) is 13.8 Å². The molecule has 0 bridgehead atoms. The number of aryl methyl sites for hydroxylation is 2. The zero-order valence-corrected chi connectivity index (χ0v) is 14.3. The lowest BCUT2D eigenvalue weighted by molar-refractivity contribution is 0.165. The molecule has 5 nitrogen and oxygen atoms in total. The number of halogens is 1. The lowest BCUT2D eigenvalue weighted by Crippen LogP contribution is -2.32. The van der Waals surface area contributed by atoms with Crippen LogP contribution in [0.3, 0.4) is 0 Å². The first-order chi connectivity index (χ1) is 10.0. The standard InChI is InChI=1S/C15H20BrN3O2/c1-9-5-11(6-10(2)14(9)16)15-18-13(21-19-15)7-12(17-3)8-20-4/h5-6,12,17H,7-8H2,1-4H3. The van der Waals surface area contributed by atoms with Gasteiger partial charge in [0.1, 0.15) is 0 Å². The summed E-state index contributed by atoms with van der Waals surface area (Å²) in [6.07, 6.45) is 0.645. The molecule has 0 spiro atoms. The van der Waals surface area contributed by atoms with Crippen molar-refractivity contribution in [2.75, 3.05) is 20.8 Å². The van der Waals surface area contributed by atoms with E-state index in [1.54, 1.807) is 7.11 Å². The molecule has 21 heavy (non-hydrogen) atoms. The topological polar surface area (TPSA) is 60.2 Å². The molecule has 0 fully saturated rings. The molecule has 1 atom stereocenters. The number of rotatable bonds is 6. The van der Waals surface area contributed by atoms with Gasteiger partial charge < -0.3 is 14.6 Å². The summed E-state index contributed by atoms with van der Waals surface area (Å²) in [4.78, 5) is 4.47. The van der Waals surface area contributed by atoms with Crippen molar-refractivity contribution in [3.8, 4) is 11.4 Å². The molecule has 1 unspecified atom stereocenters. The number of likely N-dealkylation sites (N-methyl/N-ethyl adjacent to an activating group) is 1. The van der Waals surface area contributed by atoms with Crippen LogP contribution in [-0.4, -0.2) is 36.9 Å². The maximum atomic E-state index is 5.34. The largest absolute Gasteiger partial charge is 0.383 e. The van der Waals surface area contributed by atoms with Crippen molar-refractivity contribution in [3.63, 3.8) is 0 Å². The minimum atomic E-state index is 0.164. The van der Waals surface area contributed by atoms with Crippen LogP contribution < -0.4 is 5.32 Å². The van der Waals surface area contributed by atoms with E-state index in [0.29, 0.717) is 24.7 Å². The van der Waals surface area contributed by atoms with Crippen LogP contribution in [0.2, 0.25) is 0 Å². The van der Waals surface area contributed by atoms with Crippen molar-refractivity contribution in [1.29, 1.82) is 0 Å². The van der Waals surface area contributed by atoms with E-state index < -0.39 is 0 Å². The number of aromatic nitrogens is 2. The maximum Gasteiger partial charge on any atom is 0.228 e. The number of hydrogen-bond acceptors (Lipinski definition) is 5. The third-order valence-electron chi connectivity index (χ3n) is 3.36. The van der Waals surface area contributed by atoms with Gasteiger partial charge in [-0.15, -0.1) is 0 Å². The average molecular weight is 354 g/mol. The quantitative estimate of drug-likeness (QED) is 0.864. The fourth-order valence-corrected chi connectivity index (χ4v) is 2.42. The van der Waals surface area contributed by atoms with E-state index in [1.165, 1.54) is 0 Å². The van der Waals surface area contributed by atoms with E-state index >= 15 is 0 Å². The molecule has 0 amide bonds. The Morgan fingerprint density at radius 3 is 2.57 bits per heavy atom. The molecule has 2 aromatic rings. The molecule has 0 aliphatic rings. The summed E-state index contributed by atoms with van der Waals surface area (Å²) >= 11 is 3.56. The molecule has 1 aromatic heterocycles. The summed E-state index contributed by atoms with van der Waals surface area (Å²) in [5, 5.41) is 7.24. The molecule has 1 N–H and O–H groups in total. The molecule has 1 heterocycles. The molecular formula is C15H20BrN3O2. The maximum absolute atomic E-state index is 5.34. The van der Waals surface area contributed by atoms with Gasteiger partial charge in [0.05, 0.1) is 6.61 Å². The first-order valence-electron chi connectivity index (χ1n) is 6.81. The highest BCUT2D eigenvalue weighted by molar-refractivity contribution is 9.10. The van der Waals surface area contributed by atoms with Crippen molar-refractivity contribution in [2.24, 2.45) is 0 Å². The zero-order valence-electron chi connectivity index (χ0n) is 12.7. The van der Waals surface area contributed by atoms with E-state index in [9.17, 15) is 0 Å². The highest BCUT2D eigenvalue weighted by Crippen LogP contribution is 2.27. The van der Waals surface area contributed by atoms with E-state index in [1.807, 2.05) is 7.05 Å². The van der Waals surface area contributed by atoms with Gasteiger partial charge >= 0.3 is 0 Å². The molecule has 6 heteroatoms. The van der Waals surface area contributed by atoms with Gasteiger partial charge in [-0.25, -0.2) is 0 Å². The van der Waals surface area contributed by atoms with Crippen LogP contribution in [0.15, 0.2) is 21.1 Å². The summed E-state index contributed by atoms with van der Waals surface area (Å²) in [6, 6.07) is 4.27. The summed E-state index contributed by atoms with van der Waals surface area (Å²) in [7, 11) is 3.57. The van der Waals surface area contributed by atoms with Crippen LogP contribution in [0.4, 0.5) is 0 Å². The summed E-state index contributed by atoms with van der Waals surface area (Å²) in [5.41, 5.74) is 3.28. The zero-order chi connectivity index (χ0) is 15.4. The number of hydrogen-bond donors (Lipinski definition) is 1. The number of ether oxygens (including phenoxy) is 1. The Labute approximate surface area is 133 Å². The van der Waals surface area contributed by atoms with E-state index in [4.69, 9.17) is 9.26 Å². The van der Waals surface area contributed by atoms with Gasteiger partial charge in [0.15, 0.2) is 0 Å². The second-order valence-electron chi connectivity index (χ2n) is 5.08. The summed E-state index contributed by atoms with van der Waals surface area (Å²) in [6.45, 7) is 4.71. The highest BCUT2D eigenvalue weighted by Gasteiger charge is 2.15. The minimum Gasteiger partial charge on any atom is -0.383 e. The van der Waals surface area contributed by atoms with Gasteiger partial charge in [0, 0.05) is 29.6 Å². The Morgan fingerprint density at radius 2 is 2.00 bits per heavy atom. The Hall–Kier alpha value is -1.24. The summed E-state index contributed by atoms with van der Waals surface area (Å²) < 4.78 is 11.6.